The molecule has 0 saturated heterocycles. The van der Waals surface area contributed by atoms with Gasteiger partial charge in [0.1, 0.15) is 5.76 Å². The quantitative estimate of drug-likeness (QED) is 0.683. The molecule has 1 amide bonds. The number of carbonyl (C=O) groups is 1. The van der Waals surface area contributed by atoms with Gasteiger partial charge in [0.25, 0.3) is 5.89 Å². The number of hydrogen-bond acceptors (Lipinski definition) is 3. The SMILES string of the molecule is CCNC(=O)c1ncc(C)o1. The molecule has 0 aromatic carbocycles. The monoisotopic (exact) mass is 154 g/mol. The summed E-state index contributed by atoms with van der Waals surface area (Å²) in [4.78, 5) is 14.7. The van der Waals surface area contributed by atoms with Crippen LogP contribution in [0.5, 0.6) is 0 Å². The molecule has 60 valence electrons. The smallest absolute Gasteiger partial charge is 0.307 e. The molecule has 0 aliphatic rings. The zero-order chi connectivity index (χ0) is 8.27. The molecule has 0 aliphatic heterocycles. The van der Waals surface area contributed by atoms with Crippen molar-refractivity contribution in [3.05, 3.63) is 17.8 Å². The van der Waals surface area contributed by atoms with E-state index in [-0.39, 0.29) is 11.8 Å². The van der Waals surface area contributed by atoms with Crippen molar-refractivity contribution in [2.45, 2.75) is 13.8 Å². The molecule has 1 aromatic heterocycles. The molecule has 0 aliphatic carbocycles. The average Bonchev–Trinajstić information content (AvgIpc) is 2.36. The van der Waals surface area contributed by atoms with Crippen LogP contribution in [0.1, 0.15) is 23.4 Å². The van der Waals surface area contributed by atoms with Crippen molar-refractivity contribution in [3.8, 4) is 0 Å². The van der Waals surface area contributed by atoms with Gasteiger partial charge in [-0.1, -0.05) is 0 Å². The van der Waals surface area contributed by atoms with Crippen molar-refractivity contribution in [2.75, 3.05) is 6.54 Å². The molecule has 4 nitrogen and oxygen atoms in total. The predicted molar refractivity (Wildman–Crippen MR) is 39.2 cm³/mol. The van der Waals surface area contributed by atoms with Gasteiger partial charge in [0.15, 0.2) is 0 Å². The maximum atomic E-state index is 11.0. The van der Waals surface area contributed by atoms with Crippen LogP contribution >= 0.6 is 0 Å². The molecule has 11 heavy (non-hydrogen) atoms. The Labute approximate surface area is 64.6 Å². The molecular weight excluding hydrogens is 144 g/mol. The van der Waals surface area contributed by atoms with Gasteiger partial charge in [0, 0.05) is 6.54 Å². The minimum atomic E-state index is -0.263. The highest BCUT2D eigenvalue weighted by Crippen LogP contribution is 2.00. The molecule has 0 fully saturated rings. The Kier molecular flexibility index (Phi) is 2.25. The van der Waals surface area contributed by atoms with Crippen molar-refractivity contribution in [2.24, 2.45) is 0 Å². The lowest BCUT2D eigenvalue weighted by molar-refractivity contribution is 0.0920. The molecule has 1 N–H and O–H groups in total. The van der Waals surface area contributed by atoms with Crippen molar-refractivity contribution in [3.63, 3.8) is 0 Å². The first kappa shape index (κ1) is 7.78. The number of oxazole rings is 1. The lowest BCUT2D eigenvalue weighted by Crippen LogP contribution is -2.22. The second-order valence-electron chi connectivity index (χ2n) is 2.14. The van der Waals surface area contributed by atoms with Crippen LogP contribution in [0.15, 0.2) is 10.6 Å². The lowest BCUT2D eigenvalue weighted by Gasteiger charge is -1.94. The first-order valence-corrected chi connectivity index (χ1v) is 3.44. The minimum absolute atomic E-state index is 0.129. The summed E-state index contributed by atoms with van der Waals surface area (Å²) < 4.78 is 4.97. The van der Waals surface area contributed by atoms with Crippen LogP contribution in [-0.2, 0) is 0 Å². The zero-order valence-electron chi connectivity index (χ0n) is 6.55. The van der Waals surface area contributed by atoms with E-state index in [2.05, 4.69) is 10.3 Å². The van der Waals surface area contributed by atoms with Crippen molar-refractivity contribution in [1.82, 2.24) is 10.3 Å². The number of rotatable bonds is 2. The first-order valence-electron chi connectivity index (χ1n) is 3.44. The molecule has 0 bridgehead atoms. The minimum Gasteiger partial charge on any atom is -0.438 e. The second-order valence-corrected chi connectivity index (χ2v) is 2.14. The first-order chi connectivity index (χ1) is 5.24. The van der Waals surface area contributed by atoms with Crippen LogP contribution in [0.3, 0.4) is 0 Å². The molecule has 0 unspecified atom stereocenters. The van der Waals surface area contributed by atoms with E-state index in [9.17, 15) is 4.79 Å². The topological polar surface area (TPSA) is 55.1 Å². The fourth-order valence-electron chi connectivity index (χ4n) is 0.696. The molecule has 1 rings (SSSR count). The second kappa shape index (κ2) is 3.18. The van der Waals surface area contributed by atoms with Crippen LogP contribution < -0.4 is 5.32 Å². The van der Waals surface area contributed by atoms with Crippen LogP contribution in [0.2, 0.25) is 0 Å². The summed E-state index contributed by atoms with van der Waals surface area (Å²) in [5, 5.41) is 2.58. The number of aryl methyl sites for hydroxylation is 1. The van der Waals surface area contributed by atoms with E-state index in [1.807, 2.05) is 6.92 Å². The highest BCUT2D eigenvalue weighted by Gasteiger charge is 2.09. The van der Waals surface area contributed by atoms with E-state index in [0.717, 1.165) is 0 Å². The molecule has 0 saturated carbocycles. The zero-order valence-corrected chi connectivity index (χ0v) is 6.55. The number of amides is 1. The van der Waals surface area contributed by atoms with Gasteiger partial charge in [0.05, 0.1) is 6.20 Å². The van der Waals surface area contributed by atoms with Crippen LogP contribution in [-0.4, -0.2) is 17.4 Å². The summed E-state index contributed by atoms with van der Waals surface area (Å²) in [6, 6.07) is 0. The summed E-state index contributed by atoms with van der Waals surface area (Å²) in [5.74, 6) is 0.510. The van der Waals surface area contributed by atoms with E-state index < -0.39 is 0 Å². The van der Waals surface area contributed by atoms with Gasteiger partial charge in [-0.25, -0.2) is 4.98 Å². The van der Waals surface area contributed by atoms with E-state index in [4.69, 9.17) is 4.42 Å². The van der Waals surface area contributed by atoms with Gasteiger partial charge in [0.2, 0.25) is 0 Å². The number of nitrogens with one attached hydrogen (secondary N) is 1. The molecule has 0 spiro atoms. The number of aromatic nitrogens is 1. The maximum absolute atomic E-state index is 11.0. The lowest BCUT2D eigenvalue weighted by atomic mass is 10.6. The largest absolute Gasteiger partial charge is 0.438 e. The normalized spacial score (nSPS) is 9.64. The Hall–Kier alpha value is -1.32. The number of nitrogens with zero attached hydrogens (tertiary/aromatic N) is 1. The summed E-state index contributed by atoms with van der Waals surface area (Å²) in [7, 11) is 0. The third-order valence-electron chi connectivity index (χ3n) is 1.15. The van der Waals surface area contributed by atoms with E-state index in [1.165, 1.54) is 6.20 Å². The molecule has 0 radical (unpaired) electrons. The van der Waals surface area contributed by atoms with Crippen molar-refractivity contribution < 1.29 is 9.21 Å². The van der Waals surface area contributed by atoms with Crippen molar-refractivity contribution in [1.29, 1.82) is 0 Å². The third-order valence-corrected chi connectivity index (χ3v) is 1.15. The van der Waals surface area contributed by atoms with Gasteiger partial charge < -0.3 is 9.73 Å². The Morgan fingerprint density at radius 2 is 2.55 bits per heavy atom. The van der Waals surface area contributed by atoms with Gasteiger partial charge in [-0.15, -0.1) is 0 Å². The Morgan fingerprint density at radius 3 is 3.00 bits per heavy atom. The molecule has 1 heterocycles. The number of hydrogen-bond donors (Lipinski definition) is 1. The highest BCUT2D eigenvalue weighted by atomic mass is 16.4. The summed E-state index contributed by atoms with van der Waals surface area (Å²) in [6.07, 6.45) is 1.52. The van der Waals surface area contributed by atoms with Gasteiger partial charge in [-0.05, 0) is 13.8 Å². The molecule has 0 atom stereocenters. The van der Waals surface area contributed by atoms with Gasteiger partial charge >= 0.3 is 5.91 Å². The fourth-order valence-corrected chi connectivity index (χ4v) is 0.696. The van der Waals surface area contributed by atoms with E-state index >= 15 is 0 Å². The maximum Gasteiger partial charge on any atom is 0.307 e. The standard InChI is InChI=1S/C7H10N2O2/c1-3-8-6(10)7-9-4-5(2)11-7/h4H,3H2,1-2H3,(H,8,10). The van der Waals surface area contributed by atoms with Gasteiger partial charge in [-0.3, -0.25) is 4.79 Å². The molecular formula is C7H10N2O2. The Morgan fingerprint density at radius 1 is 1.82 bits per heavy atom. The van der Waals surface area contributed by atoms with Crippen LogP contribution in [0.25, 0.3) is 0 Å². The Bertz CT molecular complexity index is 255. The fraction of sp³-hybridized carbons (Fsp3) is 0.429. The molecule has 4 heteroatoms. The Balaban J connectivity index is 2.69. The summed E-state index contributed by atoms with van der Waals surface area (Å²) in [6.45, 7) is 4.17. The average molecular weight is 154 g/mol. The van der Waals surface area contributed by atoms with Crippen LogP contribution in [0, 0.1) is 6.92 Å². The van der Waals surface area contributed by atoms with Crippen LogP contribution in [0.4, 0.5) is 0 Å². The van der Waals surface area contributed by atoms with Gasteiger partial charge in [-0.2, -0.15) is 0 Å². The van der Waals surface area contributed by atoms with Crippen molar-refractivity contribution >= 4 is 5.91 Å². The third kappa shape index (κ3) is 1.80. The molecule has 1 aromatic rings. The number of carbonyl (C=O) groups excluding carboxylic acids is 1. The summed E-state index contributed by atoms with van der Waals surface area (Å²) in [5.41, 5.74) is 0. The predicted octanol–water partition coefficient (Wildman–Crippen LogP) is 0.733. The van der Waals surface area contributed by atoms with E-state index in [0.29, 0.717) is 12.3 Å². The summed E-state index contributed by atoms with van der Waals surface area (Å²) >= 11 is 0. The highest BCUT2D eigenvalue weighted by molar-refractivity contribution is 5.89. The van der Waals surface area contributed by atoms with E-state index in [1.54, 1.807) is 6.92 Å².